The van der Waals surface area contributed by atoms with Gasteiger partial charge in [-0.1, -0.05) is 0 Å². The van der Waals surface area contributed by atoms with Gasteiger partial charge in [0.05, 0.1) is 5.69 Å². The molecule has 0 saturated carbocycles. The summed E-state index contributed by atoms with van der Waals surface area (Å²) in [7, 11) is 0. The number of hydrogen-bond donors (Lipinski definition) is 0. The number of thioether (sulfide) groups is 1. The lowest BCUT2D eigenvalue weighted by atomic mass is 10.2. The predicted molar refractivity (Wildman–Crippen MR) is 60.2 cm³/mol. The zero-order chi connectivity index (χ0) is 9.42. The van der Waals surface area contributed by atoms with E-state index in [0.29, 0.717) is 6.04 Å². The summed E-state index contributed by atoms with van der Waals surface area (Å²) in [6.45, 7) is 4.33. The summed E-state index contributed by atoms with van der Waals surface area (Å²) < 4.78 is 3.27. The van der Waals surface area contributed by atoms with Crippen LogP contribution in [0.5, 0.6) is 0 Å². The lowest BCUT2D eigenvalue weighted by Gasteiger charge is -2.08. The molecular formula is C9H13BrN2S. The molecule has 1 aliphatic rings. The van der Waals surface area contributed by atoms with Gasteiger partial charge in [0, 0.05) is 17.4 Å². The fourth-order valence-electron chi connectivity index (χ4n) is 1.54. The fraction of sp³-hybridized carbons (Fsp3) is 0.667. The first-order valence-electron chi connectivity index (χ1n) is 4.53. The highest BCUT2D eigenvalue weighted by Crippen LogP contribution is 2.31. The average molecular weight is 261 g/mol. The number of hydrogen-bond acceptors (Lipinski definition) is 2. The first-order valence-corrected chi connectivity index (χ1v) is 6.48. The number of rotatable bonds is 1. The molecule has 0 saturated heterocycles. The first kappa shape index (κ1) is 9.59. The molecule has 0 N–H and O–H groups in total. The highest BCUT2D eigenvalue weighted by atomic mass is 79.9. The summed E-state index contributed by atoms with van der Waals surface area (Å²) in [5.41, 5.74) is 2.70. The van der Waals surface area contributed by atoms with E-state index in [-0.39, 0.29) is 0 Å². The SMILES string of the molecule is CC(C)n1nc2c(c1Br)CCSC2. The van der Waals surface area contributed by atoms with E-state index in [0.717, 1.165) is 12.2 Å². The Labute approximate surface area is 91.2 Å². The maximum absolute atomic E-state index is 4.60. The van der Waals surface area contributed by atoms with E-state index < -0.39 is 0 Å². The van der Waals surface area contributed by atoms with Crippen molar-refractivity contribution < 1.29 is 0 Å². The number of nitrogens with zero attached hydrogens (tertiary/aromatic N) is 2. The second-order valence-corrected chi connectivity index (χ2v) is 5.41. The molecule has 0 atom stereocenters. The topological polar surface area (TPSA) is 17.8 Å². The van der Waals surface area contributed by atoms with E-state index in [2.05, 4.69) is 39.6 Å². The highest BCUT2D eigenvalue weighted by Gasteiger charge is 2.19. The Morgan fingerprint density at radius 3 is 2.92 bits per heavy atom. The Morgan fingerprint density at radius 2 is 2.31 bits per heavy atom. The smallest absolute Gasteiger partial charge is 0.107 e. The number of fused-ring (bicyclic) bond motifs is 1. The molecular weight excluding hydrogens is 248 g/mol. The lowest BCUT2D eigenvalue weighted by molar-refractivity contribution is 0.518. The van der Waals surface area contributed by atoms with Gasteiger partial charge in [0.1, 0.15) is 4.60 Å². The van der Waals surface area contributed by atoms with Crippen molar-refractivity contribution in [1.29, 1.82) is 0 Å². The first-order chi connectivity index (χ1) is 6.20. The van der Waals surface area contributed by atoms with E-state index in [1.54, 1.807) is 0 Å². The van der Waals surface area contributed by atoms with Crippen molar-refractivity contribution in [3.63, 3.8) is 0 Å². The predicted octanol–water partition coefficient (Wildman–Crippen LogP) is 3.02. The zero-order valence-electron chi connectivity index (χ0n) is 7.88. The van der Waals surface area contributed by atoms with Gasteiger partial charge in [-0.05, 0) is 42.0 Å². The second-order valence-electron chi connectivity index (χ2n) is 3.56. The van der Waals surface area contributed by atoms with Gasteiger partial charge in [0.15, 0.2) is 0 Å². The van der Waals surface area contributed by atoms with Crippen molar-refractivity contribution >= 4 is 27.7 Å². The van der Waals surface area contributed by atoms with Crippen LogP contribution in [-0.2, 0) is 12.2 Å². The monoisotopic (exact) mass is 260 g/mol. The summed E-state index contributed by atoms with van der Waals surface area (Å²) >= 11 is 5.60. The van der Waals surface area contributed by atoms with Crippen molar-refractivity contribution in [3.8, 4) is 0 Å². The molecule has 72 valence electrons. The second kappa shape index (κ2) is 3.65. The Balaban J connectivity index is 2.44. The van der Waals surface area contributed by atoms with Gasteiger partial charge in [-0.25, -0.2) is 0 Å². The molecule has 0 aromatic carbocycles. The number of aromatic nitrogens is 2. The zero-order valence-corrected chi connectivity index (χ0v) is 10.3. The van der Waals surface area contributed by atoms with Gasteiger partial charge >= 0.3 is 0 Å². The van der Waals surface area contributed by atoms with Gasteiger partial charge in [0.2, 0.25) is 0 Å². The average Bonchev–Trinajstić information content (AvgIpc) is 2.45. The van der Waals surface area contributed by atoms with Gasteiger partial charge in [-0.2, -0.15) is 16.9 Å². The van der Waals surface area contributed by atoms with Crippen LogP contribution in [0, 0.1) is 0 Å². The van der Waals surface area contributed by atoms with Crippen LogP contribution in [0.4, 0.5) is 0 Å². The molecule has 0 fully saturated rings. The van der Waals surface area contributed by atoms with Crippen LogP contribution in [0.3, 0.4) is 0 Å². The van der Waals surface area contributed by atoms with Crippen LogP contribution in [0.1, 0.15) is 31.1 Å². The molecule has 0 amide bonds. The largest absolute Gasteiger partial charge is 0.255 e. The van der Waals surface area contributed by atoms with E-state index in [1.807, 2.05) is 11.8 Å². The van der Waals surface area contributed by atoms with Gasteiger partial charge < -0.3 is 0 Å². The molecule has 1 aliphatic heterocycles. The molecule has 0 aliphatic carbocycles. The van der Waals surface area contributed by atoms with E-state index >= 15 is 0 Å². The molecule has 13 heavy (non-hydrogen) atoms. The number of halogens is 1. The third-order valence-corrected chi connectivity index (χ3v) is 4.06. The van der Waals surface area contributed by atoms with Crippen molar-refractivity contribution in [2.24, 2.45) is 0 Å². The molecule has 0 unspecified atom stereocenters. The highest BCUT2D eigenvalue weighted by molar-refractivity contribution is 9.10. The van der Waals surface area contributed by atoms with Gasteiger partial charge in [0.25, 0.3) is 0 Å². The summed E-state index contributed by atoms with van der Waals surface area (Å²) in [5, 5.41) is 4.60. The minimum absolute atomic E-state index is 0.449. The van der Waals surface area contributed by atoms with Crippen molar-refractivity contribution in [3.05, 3.63) is 15.9 Å². The Kier molecular flexibility index (Phi) is 2.70. The van der Waals surface area contributed by atoms with E-state index in [4.69, 9.17) is 0 Å². The van der Waals surface area contributed by atoms with Crippen LogP contribution in [0.2, 0.25) is 0 Å². The molecule has 4 heteroatoms. The third-order valence-electron chi connectivity index (χ3n) is 2.25. The molecule has 1 aromatic rings. The Hall–Kier alpha value is 0.0400. The minimum Gasteiger partial charge on any atom is -0.255 e. The maximum atomic E-state index is 4.60. The molecule has 2 rings (SSSR count). The van der Waals surface area contributed by atoms with Crippen molar-refractivity contribution in [2.45, 2.75) is 32.1 Å². The molecule has 0 bridgehead atoms. The third kappa shape index (κ3) is 1.66. The van der Waals surface area contributed by atoms with E-state index in [9.17, 15) is 0 Å². The van der Waals surface area contributed by atoms with Crippen LogP contribution in [-0.4, -0.2) is 15.5 Å². The van der Waals surface area contributed by atoms with Crippen LogP contribution >= 0.6 is 27.7 Å². The fourth-order valence-corrected chi connectivity index (χ4v) is 3.37. The molecule has 2 nitrogen and oxygen atoms in total. The Bertz CT molecular complexity index is 320. The minimum atomic E-state index is 0.449. The van der Waals surface area contributed by atoms with E-state index in [1.165, 1.54) is 21.6 Å². The van der Waals surface area contributed by atoms with Crippen LogP contribution in [0.25, 0.3) is 0 Å². The summed E-state index contributed by atoms with van der Waals surface area (Å²) in [6, 6.07) is 0.449. The van der Waals surface area contributed by atoms with Crippen LogP contribution in [0.15, 0.2) is 4.60 Å². The lowest BCUT2D eigenvalue weighted by Crippen LogP contribution is -2.03. The van der Waals surface area contributed by atoms with Crippen LogP contribution < -0.4 is 0 Å². The van der Waals surface area contributed by atoms with Crippen molar-refractivity contribution in [1.82, 2.24) is 9.78 Å². The summed E-state index contributed by atoms with van der Waals surface area (Å²) in [4.78, 5) is 0. The standard InChI is InChI=1S/C9H13BrN2S/c1-6(2)12-9(10)7-3-4-13-5-8(7)11-12/h6H,3-5H2,1-2H3. The molecule has 2 heterocycles. The molecule has 0 spiro atoms. The maximum Gasteiger partial charge on any atom is 0.107 e. The Morgan fingerprint density at radius 1 is 1.54 bits per heavy atom. The molecule has 1 aromatic heterocycles. The van der Waals surface area contributed by atoms with Gasteiger partial charge in [-0.3, -0.25) is 4.68 Å². The quantitative estimate of drug-likeness (QED) is 0.773. The van der Waals surface area contributed by atoms with Crippen molar-refractivity contribution in [2.75, 3.05) is 5.75 Å². The normalized spacial score (nSPS) is 16.3. The van der Waals surface area contributed by atoms with Gasteiger partial charge in [-0.15, -0.1) is 0 Å². The summed E-state index contributed by atoms with van der Waals surface area (Å²) in [6.07, 6.45) is 1.16. The summed E-state index contributed by atoms with van der Waals surface area (Å²) in [5.74, 6) is 2.31. The molecule has 0 radical (unpaired) electrons.